The quantitative estimate of drug-likeness (QED) is 0.130. The first-order valence-electron chi connectivity index (χ1n) is 22.3. The first kappa shape index (κ1) is 53.1. The molecule has 2 rings (SSSR count). The normalized spacial score (nSPS) is 26.4. The summed E-state index contributed by atoms with van der Waals surface area (Å²) in [6, 6.07) is -0.119. The van der Waals surface area contributed by atoms with Crippen LogP contribution in [0.25, 0.3) is 0 Å². The van der Waals surface area contributed by atoms with E-state index >= 15 is 0 Å². The summed E-state index contributed by atoms with van der Waals surface area (Å²) in [5.41, 5.74) is 6.48. The lowest BCUT2D eigenvalue weighted by molar-refractivity contribution is -0.137. The minimum Gasteiger partial charge on any atom is -0.343 e. The van der Waals surface area contributed by atoms with Crippen LogP contribution in [0.4, 0.5) is 0 Å². The van der Waals surface area contributed by atoms with Crippen molar-refractivity contribution in [2.45, 2.75) is 163 Å². The van der Waals surface area contributed by atoms with E-state index in [9.17, 15) is 38.4 Å². The average Bonchev–Trinajstić information content (AvgIpc) is 3.20. The van der Waals surface area contributed by atoms with E-state index in [0.29, 0.717) is 25.8 Å². The van der Waals surface area contributed by atoms with E-state index in [0.717, 1.165) is 5.56 Å². The second-order valence-corrected chi connectivity index (χ2v) is 18.1. The molecule has 1 aromatic carbocycles. The molecule has 1 aliphatic heterocycles. The second kappa shape index (κ2) is 25.8. The Kier molecular flexibility index (Phi) is 22.1. The molecule has 9 atom stereocenters. The molecule has 1 aromatic rings. The van der Waals surface area contributed by atoms with Crippen molar-refractivity contribution in [3.8, 4) is 0 Å². The minimum atomic E-state index is -1.20. The molecule has 17 heteroatoms. The molecule has 0 radical (unpaired) electrons. The third-order valence-electron chi connectivity index (χ3n) is 11.1. The lowest BCUT2D eigenvalue weighted by Gasteiger charge is -2.31. The molecule has 1 fully saturated rings. The van der Waals surface area contributed by atoms with E-state index in [1.165, 1.54) is 6.92 Å². The first-order chi connectivity index (χ1) is 29.1. The average molecular weight is 870 g/mol. The molecule has 62 heavy (non-hydrogen) atoms. The number of nitrogens with two attached hydrogens (primary N) is 1. The number of carbonyl (C=O) groups excluding carboxylic acids is 8. The molecule has 1 heterocycles. The molecule has 8 amide bonds. The van der Waals surface area contributed by atoms with E-state index in [1.54, 1.807) is 72.7 Å². The van der Waals surface area contributed by atoms with Gasteiger partial charge in [-0.05, 0) is 74.3 Å². The van der Waals surface area contributed by atoms with Crippen LogP contribution >= 0.6 is 0 Å². The highest BCUT2D eigenvalue weighted by atomic mass is 16.2. The topological polar surface area (TPSA) is 259 Å². The third-order valence-corrected chi connectivity index (χ3v) is 11.1. The van der Waals surface area contributed by atoms with Gasteiger partial charge in [-0.15, -0.1) is 0 Å². The molecule has 1 saturated heterocycles. The van der Waals surface area contributed by atoms with E-state index in [2.05, 4.69) is 42.5 Å². The number of nitrogens with one attached hydrogen (secondary N) is 8. The van der Waals surface area contributed by atoms with Gasteiger partial charge in [0.2, 0.25) is 47.3 Å². The third kappa shape index (κ3) is 16.7. The van der Waals surface area contributed by atoms with Crippen LogP contribution in [0, 0.1) is 29.6 Å². The summed E-state index contributed by atoms with van der Waals surface area (Å²) in [6.07, 6.45) is 1.90. The summed E-state index contributed by atoms with van der Waals surface area (Å²) in [5.74, 6) is -7.07. The summed E-state index contributed by atoms with van der Waals surface area (Å²) in [5, 5.41) is 22.2. The zero-order chi connectivity index (χ0) is 46.8. The fourth-order valence-corrected chi connectivity index (χ4v) is 7.02. The summed E-state index contributed by atoms with van der Waals surface area (Å²) >= 11 is 0. The summed E-state index contributed by atoms with van der Waals surface area (Å²) in [4.78, 5) is 112. The Morgan fingerprint density at radius 2 is 0.919 bits per heavy atom. The molecular weight excluding hydrogens is 795 g/mol. The molecular formula is C45H75N9O8. The Morgan fingerprint density at radius 3 is 1.42 bits per heavy atom. The van der Waals surface area contributed by atoms with Gasteiger partial charge in [0.15, 0.2) is 0 Å². The van der Waals surface area contributed by atoms with Gasteiger partial charge >= 0.3 is 0 Å². The zero-order valence-electron chi connectivity index (χ0n) is 38.7. The van der Waals surface area contributed by atoms with Gasteiger partial charge in [-0.25, -0.2) is 0 Å². The Hall–Kier alpha value is -5.06. The number of hydrogen-bond acceptors (Lipinski definition) is 9. The molecule has 0 aliphatic carbocycles. The highest BCUT2D eigenvalue weighted by Crippen LogP contribution is 2.15. The predicted molar refractivity (Wildman–Crippen MR) is 238 cm³/mol. The molecule has 348 valence electrons. The van der Waals surface area contributed by atoms with E-state index in [4.69, 9.17) is 5.73 Å². The Balaban J connectivity index is 2.74. The van der Waals surface area contributed by atoms with Gasteiger partial charge < -0.3 is 48.3 Å². The smallest absolute Gasteiger partial charge is 0.243 e. The van der Waals surface area contributed by atoms with Gasteiger partial charge in [0, 0.05) is 6.42 Å². The molecule has 0 bridgehead atoms. The molecule has 9 unspecified atom stereocenters. The van der Waals surface area contributed by atoms with Crippen molar-refractivity contribution in [2.24, 2.45) is 35.3 Å². The number of unbranched alkanes of at least 4 members (excludes halogenated alkanes) is 1. The maximum atomic E-state index is 14.2. The summed E-state index contributed by atoms with van der Waals surface area (Å²) in [6.45, 7) is 19.5. The van der Waals surface area contributed by atoms with Crippen LogP contribution < -0.4 is 48.3 Å². The number of benzene rings is 1. The fourth-order valence-electron chi connectivity index (χ4n) is 7.02. The van der Waals surface area contributed by atoms with Gasteiger partial charge in [-0.3, -0.25) is 38.4 Å². The Labute approximate surface area is 368 Å². The van der Waals surface area contributed by atoms with Gasteiger partial charge in [-0.1, -0.05) is 106 Å². The van der Waals surface area contributed by atoms with Crippen LogP contribution in [0.1, 0.15) is 114 Å². The Morgan fingerprint density at radius 1 is 0.500 bits per heavy atom. The second-order valence-electron chi connectivity index (χ2n) is 18.1. The van der Waals surface area contributed by atoms with Crippen molar-refractivity contribution in [1.82, 2.24) is 42.5 Å². The van der Waals surface area contributed by atoms with E-state index in [1.807, 2.05) is 26.8 Å². The van der Waals surface area contributed by atoms with E-state index in [-0.39, 0.29) is 25.2 Å². The van der Waals surface area contributed by atoms with Gasteiger partial charge in [-0.2, -0.15) is 0 Å². The van der Waals surface area contributed by atoms with Crippen LogP contribution in [0.15, 0.2) is 30.3 Å². The number of amides is 8. The van der Waals surface area contributed by atoms with Crippen LogP contribution in [0.5, 0.6) is 0 Å². The van der Waals surface area contributed by atoms with Crippen molar-refractivity contribution in [3.05, 3.63) is 35.9 Å². The molecule has 10 N–H and O–H groups in total. The predicted octanol–water partition coefficient (Wildman–Crippen LogP) is 1.33. The number of rotatable bonds is 13. The van der Waals surface area contributed by atoms with Crippen LogP contribution in [0.2, 0.25) is 0 Å². The maximum absolute atomic E-state index is 14.2. The standard InChI is InChI=1S/C45H75N9O8/c1-12-28(10)37-45(62)48-31(20-16-17-21-46)39(56)52-35(26(6)7)43(60)50-33(23-30-18-14-13-15-19-30)40(57)49-32(22-24(2)3)41(58)53-34(25(4)5)42(59)47-29(11)38(55)51-36(27(8)9)44(61)54-37/h13-15,18-19,24-29,31-37H,12,16-17,20-23,46H2,1-11H3,(H,47,59)(H,48,62)(H,49,57)(H,50,60)(H,51,55)(H,52,56)(H,53,58)(H,54,61). The van der Waals surface area contributed by atoms with Gasteiger partial charge in [0.25, 0.3) is 0 Å². The molecule has 1 aliphatic rings. The highest BCUT2D eigenvalue weighted by Gasteiger charge is 2.37. The number of carbonyl (C=O) groups is 8. The maximum Gasteiger partial charge on any atom is 0.243 e. The van der Waals surface area contributed by atoms with Crippen LogP contribution in [-0.4, -0.2) is 102 Å². The number of hydrogen-bond donors (Lipinski definition) is 9. The largest absolute Gasteiger partial charge is 0.343 e. The first-order valence-corrected chi connectivity index (χ1v) is 22.3. The Bertz CT molecular complexity index is 1670. The van der Waals surface area contributed by atoms with Crippen molar-refractivity contribution < 1.29 is 38.4 Å². The van der Waals surface area contributed by atoms with Crippen molar-refractivity contribution in [3.63, 3.8) is 0 Å². The molecule has 0 aromatic heterocycles. The van der Waals surface area contributed by atoms with Crippen molar-refractivity contribution >= 4 is 47.3 Å². The lowest BCUT2D eigenvalue weighted by Crippen LogP contribution is -2.63. The summed E-state index contributed by atoms with van der Waals surface area (Å²) in [7, 11) is 0. The monoisotopic (exact) mass is 870 g/mol. The minimum absolute atomic E-state index is 0.0440. The highest BCUT2D eigenvalue weighted by molar-refractivity contribution is 5.99. The van der Waals surface area contributed by atoms with Gasteiger partial charge in [0.05, 0.1) is 0 Å². The van der Waals surface area contributed by atoms with Gasteiger partial charge in [0.1, 0.15) is 48.3 Å². The zero-order valence-corrected chi connectivity index (χ0v) is 38.7. The summed E-state index contributed by atoms with van der Waals surface area (Å²) < 4.78 is 0. The molecule has 0 spiro atoms. The van der Waals surface area contributed by atoms with E-state index < -0.39 is 119 Å². The fraction of sp³-hybridized carbons (Fsp3) is 0.689. The SMILES string of the molecule is CCC(C)C1NC(=O)C(C(C)C)NC(=O)C(C)NC(=O)C(C(C)C)NC(=O)C(CC(C)C)NC(=O)C(Cc2ccccc2)NC(=O)C(C(C)C)NC(=O)C(CCCCN)NC1=O. The van der Waals surface area contributed by atoms with Crippen molar-refractivity contribution in [2.75, 3.05) is 6.54 Å². The molecule has 0 saturated carbocycles. The van der Waals surface area contributed by atoms with Crippen LogP contribution in [-0.2, 0) is 44.8 Å². The van der Waals surface area contributed by atoms with Crippen molar-refractivity contribution in [1.29, 1.82) is 0 Å². The molecule has 17 nitrogen and oxygen atoms in total. The van der Waals surface area contributed by atoms with Crippen LogP contribution in [0.3, 0.4) is 0 Å². The lowest BCUT2D eigenvalue weighted by atomic mass is 9.95.